The lowest BCUT2D eigenvalue weighted by Gasteiger charge is -2.07. The van der Waals surface area contributed by atoms with Crippen molar-refractivity contribution in [3.63, 3.8) is 0 Å². The first-order valence-electron chi connectivity index (χ1n) is 6.07. The highest BCUT2D eigenvalue weighted by Crippen LogP contribution is 2.25. The van der Waals surface area contributed by atoms with E-state index in [1.165, 1.54) is 16.7 Å². The molecular weight excluding hydrogens is 216 g/mol. The zero-order chi connectivity index (χ0) is 12.8. The van der Waals surface area contributed by atoms with Crippen LogP contribution in [0.5, 0.6) is 0 Å². The molecule has 0 saturated carbocycles. The van der Waals surface area contributed by atoms with Gasteiger partial charge in [-0.15, -0.1) is 5.92 Å². The van der Waals surface area contributed by atoms with Gasteiger partial charge in [-0.05, 0) is 30.5 Å². The average molecular weight is 232 g/mol. The van der Waals surface area contributed by atoms with Gasteiger partial charge in [0.2, 0.25) is 0 Å². The lowest BCUT2D eigenvalue weighted by atomic mass is 9.96. The monoisotopic (exact) mass is 232 g/mol. The molecule has 0 spiro atoms. The molecule has 0 nitrogen and oxygen atoms in total. The molecule has 0 amide bonds. The second kappa shape index (κ2) is 5.89. The summed E-state index contributed by atoms with van der Waals surface area (Å²) >= 11 is 0. The first-order valence-corrected chi connectivity index (χ1v) is 6.07. The second-order valence-electron chi connectivity index (χ2n) is 4.11. The summed E-state index contributed by atoms with van der Waals surface area (Å²) in [6.45, 7) is 4.00. The van der Waals surface area contributed by atoms with Crippen LogP contribution in [0, 0.1) is 11.8 Å². The van der Waals surface area contributed by atoms with Crippen molar-refractivity contribution in [2.24, 2.45) is 0 Å². The Labute approximate surface area is 109 Å². The third-order valence-electron chi connectivity index (χ3n) is 2.89. The van der Waals surface area contributed by atoms with Gasteiger partial charge in [0.25, 0.3) is 0 Å². The minimum Gasteiger partial charge on any atom is -0.101 e. The summed E-state index contributed by atoms with van der Waals surface area (Å²) in [5.74, 6) is 6.24. The molecular formula is C18H16. The van der Waals surface area contributed by atoms with Crippen LogP contribution in [0.2, 0.25) is 0 Å². The molecule has 0 aliphatic carbocycles. The predicted octanol–water partition coefficient (Wildman–Crippen LogP) is 4.64. The topological polar surface area (TPSA) is 0 Å². The first kappa shape index (κ1) is 12.2. The molecule has 0 N–H and O–H groups in total. The molecule has 0 radical (unpaired) electrons. The maximum Gasteiger partial charge on any atom is 0.0352 e. The van der Waals surface area contributed by atoms with E-state index >= 15 is 0 Å². The third-order valence-corrected chi connectivity index (χ3v) is 2.89. The molecule has 0 aromatic heterocycles. The van der Waals surface area contributed by atoms with Crippen molar-refractivity contribution < 1.29 is 0 Å². The van der Waals surface area contributed by atoms with Gasteiger partial charge >= 0.3 is 0 Å². The van der Waals surface area contributed by atoms with Crippen molar-refractivity contribution >= 4 is 11.1 Å². The zero-order valence-corrected chi connectivity index (χ0v) is 10.8. The fourth-order valence-electron chi connectivity index (χ4n) is 1.94. The Bertz CT molecular complexity index is 593. The predicted molar refractivity (Wildman–Crippen MR) is 78.8 cm³/mol. The summed E-state index contributed by atoms with van der Waals surface area (Å²) in [5.41, 5.74) is 4.72. The summed E-state index contributed by atoms with van der Waals surface area (Å²) in [6.07, 6.45) is 0. The third kappa shape index (κ3) is 2.70. The van der Waals surface area contributed by atoms with Crippen molar-refractivity contribution in [3.05, 3.63) is 71.8 Å². The van der Waals surface area contributed by atoms with Crippen LogP contribution in [-0.4, -0.2) is 0 Å². The Kier molecular flexibility index (Phi) is 3.99. The Morgan fingerprint density at radius 1 is 0.778 bits per heavy atom. The molecule has 0 saturated heterocycles. The fourth-order valence-corrected chi connectivity index (χ4v) is 1.94. The minimum atomic E-state index is 1.10. The van der Waals surface area contributed by atoms with Crippen LogP contribution in [-0.2, 0) is 0 Å². The van der Waals surface area contributed by atoms with Crippen molar-refractivity contribution in [2.45, 2.75) is 13.8 Å². The number of hydrogen-bond acceptors (Lipinski definition) is 0. The molecule has 0 atom stereocenters. The van der Waals surface area contributed by atoms with Gasteiger partial charge < -0.3 is 0 Å². The molecule has 88 valence electrons. The van der Waals surface area contributed by atoms with E-state index in [0.717, 1.165) is 5.57 Å². The van der Waals surface area contributed by atoms with Gasteiger partial charge in [0.05, 0.1) is 0 Å². The molecule has 0 unspecified atom stereocenters. The van der Waals surface area contributed by atoms with E-state index in [9.17, 15) is 0 Å². The molecule has 2 aromatic carbocycles. The maximum atomic E-state index is 3.23. The van der Waals surface area contributed by atoms with Gasteiger partial charge in [-0.25, -0.2) is 0 Å². The molecule has 0 fully saturated rings. The smallest absolute Gasteiger partial charge is 0.0352 e. The molecule has 0 bridgehead atoms. The highest BCUT2D eigenvalue weighted by molar-refractivity contribution is 5.97. The Morgan fingerprint density at radius 2 is 1.28 bits per heavy atom. The largest absolute Gasteiger partial charge is 0.101 e. The van der Waals surface area contributed by atoms with Crippen LogP contribution in [0.25, 0.3) is 11.1 Å². The van der Waals surface area contributed by atoms with E-state index in [-0.39, 0.29) is 0 Å². The van der Waals surface area contributed by atoms with E-state index in [1.807, 2.05) is 31.2 Å². The van der Waals surface area contributed by atoms with Crippen LogP contribution >= 0.6 is 0 Å². The Hall–Kier alpha value is -2.26. The van der Waals surface area contributed by atoms with Gasteiger partial charge in [-0.2, -0.15) is 0 Å². The van der Waals surface area contributed by atoms with E-state index in [0.29, 0.717) is 0 Å². The molecule has 18 heavy (non-hydrogen) atoms. The van der Waals surface area contributed by atoms with Crippen molar-refractivity contribution in [1.29, 1.82) is 0 Å². The summed E-state index contributed by atoms with van der Waals surface area (Å²) in [4.78, 5) is 0. The SMILES string of the molecule is CC#CC(=C(C)c1ccccc1)c1ccccc1. The molecule has 0 aliphatic heterocycles. The number of rotatable bonds is 2. The zero-order valence-electron chi connectivity index (χ0n) is 10.8. The summed E-state index contributed by atoms with van der Waals surface area (Å²) in [6, 6.07) is 20.7. The van der Waals surface area contributed by atoms with Gasteiger partial charge in [0, 0.05) is 5.57 Å². The van der Waals surface area contributed by atoms with E-state index in [1.54, 1.807) is 0 Å². The van der Waals surface area contributed by atoms with Crippen LogP contribution in [0.1, 0.15) is 25.0 Å². The molecule has 2 rings (SSSR count). The van der Waals surface area contributed by atoms with Crippen LogP contribution in [0.15, 0.2) is 60.7 Å². The quantitative estimate of drug-likeness (QED) is 0.522. The number of hydrogen-bond donors (Lipinski definition) is 0. The fraction of sp³-hybridized carbons (Fsp3) is 0.111. The molecule has 0 heteroatoms. The van der Waals surface area contributed by atoms with Gasteiger partial charge in [-0.1, -0.05) is 66.6 Å². The molecule has 0 aliphatic rings. The van der Waals surface area contributed by atoms with Crippen molar-refractivity contribution in [2.75, 3.05) is 0 Å². The number of allylic oxidation sites excluding steroid dienone is 2. The van der Waals surface area contributed by atoms with Gasteiger partial charge in [-0.3, -0.25) is 0 Å². The van der Waals surface area contributed by atoms with Crippen LogP contribution in [0.3, 0.4) is 0 Å². The standard InChI is InChI=1S/C18H16/c1-3-10-18(17-13-8-5-9-14-17)15(2)16-11-6-4-7-12-16/h4-9,11-14H,1-2H3. The van der Waals surface area contributed by atoms with Gasteiger partial charge in [0.15, 0.2) is 0 Å². The summed E-state index contributed by atoms with van der Waals surface area (Å²) < 4.78 is 0. The Morgan fingerprint density at radius 3 is 1.78 bits per heavy atom. The number of benzene rings is 2. The highest BCUT2D eigenvalue weighted by atomic mass is 14.1. The summed E-state index contributed by atoms with van der Waals surface area (Å²) in [5, 5.41) is 0. The van der Waals surface area contributed by atoms with Gasteiger partial charge in [0.1, 0.15) is 0 Å². The maximum absolute atomic E-state index is 3.23. The van der Waals surface area contributed by atoms with E-state index in [4.69, 9.17) is 0 Å². The molecule has 2 aromatic rings. The van der Waals surface area contributed by atoms with Crippen LogP contribution in [0.4, 0.5) is 0 Å². The van der Waals surface area contributed by atoms with Crippen molar-refractivity contribution in [1.82, 2.24) is 0 Å². The Balaban J connectivity index is 2.57. The lowest BCUT2D eigenvalue weighted by molar-refractivity contribution is 1.55. The van der Waals surface area contributed by atoms with Crippen LogP contribution < -0.4 is 0 Å². The molecule has 0 heterocycles. The summed E-state index contributed by atoms with van der Waals surface area (Å²) in [7, 11) is 0. The first-order chi connectivity index (χ1) is 8.83. The second-order valence-corrected chi connectivity index (χ2v) is 4.11. The highest BCUT2D eigenvalue weighted by Gasteiger charge is 2.04. The average Bonchev–Trinajstić information content (AvgIpc) is 2.46. The minimum absolute atomic E-state index is 1.10. The lowest BCUT2D eigenvalue weighted by Crippen LogP contribution is -1.87. The normalized spacial score (nSPS) is 11.2. The van der Waals surface area contributed by atoms with Crippen molar-refractivity contribution in [3.8, 4) is 11.8 Å². The van der Waals surface area contributed by atoms with E-state index < -0.39 is 0 Å². The van der Waals surface area contributed by atoms with E-state index in [2.05, 4.69) is 55.2 Å².